The number of carbonyl (C=O) groups excluding carboxylic acids is 3. The summed E-state index contributed by atoms with van der Waals surface area (Å²) in [4.78, 5) is 47.9. The number of esters is 1. The summed E-state index contributed by atoms with van der Waals surface area (Å²) in [6, 6.07) is 0. The molecule has 0 aromatic heterocycles. The van der Waals surface area contributed by atoms with Gasteiger partial charge in [0.15, 0.2) is 12.4 Å². The lowest BCUT2D eigenvalue weighted by atomic mass is 9.45. The van der Waals surface area contributed by atoms with Crippen molar-refractivity contribution in [3.8, 4) is 0 Å². The Morgan fingerprint density at radius 2 is 1.85 bits per heavy atom. The molecule has 8 heteroatoms. The maximum absolute atomic E-state index is 13.1. The SMILES string of the molecule is CC1C[C@@]2(C)C(=CC1=O)CCC1C2[C@@H](O)C[C@@]2(C)C1CC[C@]2(O)C(=O)COC(=O)CCC(=O)O. The van der Waals surface area contributed by atoms with Gasteiger partial charge in [0.1, 0.15) is 5.60 Å². The monoisotopic (exact) mass is 476 g/mol. The van der Waals surface area contributed by atoms with Gasteiger partial charge in [-0.25, -0.2) is 0 Å². The smallest absolute Gasteiger partial charge is 0.306 e. The number of Topliss-reactive ketones (excluding diaryl/α,β-unsaturated/α-hetero) is 1. The number of carboxylic acid groups (broad SMARTS) is 1. The second-order valence-electron chi connectivity index (χ2n) is 11.5. The summed E-state index contributed by atoms with van der Waals surface area (Å²) in [6.07, 6.45) is 3.78. The standard InChI is InChI=1S/C26H36O8/c1-14-11-24(2)15(10-18(14)27)4-5-16-17-8-9-26(33,25(17,3)12-19(28)23(16)24)20(29)13-34-22(32)7-6-21(30)31/h10,14,16-17,19,23,28,33H,4-9,11-13H2,1-3H3,(H,30,31)/t14?,16?,17?,19-,23?,24-,25-,26-/m0/s1. The van der Waals surface area contributed by atoms with Gasteiger partial charge < -0.3 is 20.1 Å². The largest absolute Gasteiger partial charge is 0.481 e. The van der Waals surface area contributed by atoms with Crippen molar-refractivity contribution in [3.05, 3.63) is 11.6 Å². The molecule has 0 spiro atoms. The van der Waals surface area contributed by atoms with Gasteiger partial charge in [0.05, 0.1) is 18.9 Å². The zero-order valence-electron chi connectivity index (χ0n) is 20.2. The van der Waals surface area contributed by atoms with Crippen LogP contribution >= 0.6 is 0 Å². The number of aliphatic hydroxyl groups is 2. The molecule has 0 aromatic rings. The Morgan fingerprint density at radius 3 is 2.53 bits per heavy atom. The molecule has 0 heterocycles. The topological polar surface area (TPSA) is 138 Å². The Bertz CT molecular complexity index is 939. The van der Waals surface area contributed by atoms with Crippen LogP contribution in [-0.2, 0) is 23.9 Å². The van der Waals surface area contributed by atoms with Crippen molar-refractivity contribution >= 4 is 23.5 Å². The van der Waals surface area contributed by atoms with Crippen LogP contribution in [0.2, 0.25) is 0 Å². The summed E-state index contributed by atoms with van der Waals surface area (Å²) < 4.78 is 4.98. The predicted molar refractivity (Wildman–Crippen MR) is 120 cm³/mol. The summed E-state index contributed by atoms with van der Waals surface area (Å²) in [7, 11) is 0. The second kappa shape index (κ2) is 8.55. The van der Waals surface area contributed by atoms with Crippen LogP contribution in [0.1, 0.15) is 72.1 Å². The maximum atomic E-state index is 13.1. The molecule has 0 aliphatic heterocycles. The van der Waals surface area contributed by atoms with Crippen molar-refractivity contribution in [2.45, 2.75) is 83.8 Å². The summed E-state index contributed by atoms with van der Waals surface area (Å²) in [5.41, 5.74) is -1.73. The molecule has 0 aromatic carbocycles. The van der Waals surface area contributed by atoms with E-state index < -0.39 is 41.4 Å². The van der Waals surface area contributed by atoms with E-state index in [4.69, 9.17) is 9.84 Å². The van der Waals surface area contributed by atoms with Gasteiger partial charge in [0.25, 0.3) is 0 Å². The third-order valence-electron chi connectivity index (χ3n) is 9.72. The first kappa shape index (κ1) is 25.0. The zero-order valence-corrected chi connectivity index (χ0v) is 20.2. The van der Waals surface area contributed by atoms with Crippen LogP contribution in [0.4, 0.5) is 0 Å². The van der Waals surface area contributed by atoms with Gasteiger partial charge >= 0.3 is 11.9 Å². The highest BCUT2D eigenvalue weighted by Crippen LogP contribution is 2.67. The van der Waals surface area contributed by atoms with E-state index in [1.165, 1.54) is 0 Å². The predicted octanol–water partition coefficient (Wildman–Crippen LogP) is 2.44. The number of rotatable bonds is 6. The molecule has 34 heavy (non-hydrogen) atoms. The highest BCUT2D eigenvalue weighted by molar-refractivity contribution is 5.93. The number of carboxylic acids is 1. The fraction of sp³-hybridized carbons (Fsp3) is 0.769. The Hall–Kier alpha value is -2.06. The number of allylic oxidation sites excluding steroid dienone is 1. The first-order chi connectivity index (χ1) is 15.8. The third kappa shape index (κ3) is 3.73. The third-order valence-corrected chi connectivity index (χ3v) is 9.72. The van der Waals surface area contributed by atoms with Gasteiger partial charge in [0.2, 0.25) is 5.78 Å². The van der Waals surface area contributed by atoms with Crippen LogP contribution in [0.25, 0.3) is 0 Å². The number of hydrogen-bond donors (Lipinski definition) is 3. The molecule has 3 fully saturated rings. The quantitative estimate of drug-likeness (QED) is 0.497. The van der Waals surface area contributed by atoms with Crippen LogP contribution in [0.5, 0.6) is 0 Å². The van der Waals surface area contributed by atoms with Gasteiger partial charge in [-0.05, 0) is 67.8 Å². The summed E-state index contributed by atoms with van der Waals surface area (Å²) in [5.74, 6) is -2.33. The second-order valence-corrected chi connectivity index (χ2v) is 11.5. The summed E-state index contributed by atoms with van der Waals surface area (Å²) >= 11 is 0. The number of hydrogen-bond acceptors (Lipinski definition) is 7. The molecule has 8 atom stereocenters. The first-order valence-corrected chi connectivity index (χ1v) is 12.4. The average Bonchev–Trinajstić information content (AvgIpc) is 3.02. The fourth-order valence-electron chi connectivity index (χ4n) is 8.04. The van der Waals surface area contributed by atoms with Crippen molar-refractivity contribution < 1.29 is 39.2 Å². The minimum atomic E-state index is -1.72. The van der Waals surface area contributed by atoms with E-state index in [9.17, 15) is 29.4 Å². The Labute approximate surface area is 199 Å². The lowest BCUT2D eigenvalue weighted by Crippen LogP contribution is -2.62. The molecule has 3 N–H and O–H groups in total. The average molecular weight is 477 g/mol. The number of carbonyl (C=O) groups is 4. The Kier molecular flexibility index (Phi) is 6.30. The lowest BCUT2D eigenvalue weighted by molar-refractivity contribution is -0.185. The van der Waals surface area contributed by atoms with Crippen LogP contribution in [-0.4, -0.2) is 57.1 Å². The number of aliphatic carboxylic acids is 1. The summed E-state index contributed by atoms with van der Waals surface area (Å²) in [6.45, 7) is 5.36. The van der Waals surface area contributed by atoms with Crippen LogP contribution in [0.3, 0.4) is 0 Å². The van der Waals surface area contributed by atoms with Gasteiger partial charge in [-0.1, -0.05) is 26.3 Å². The molecule has 0 radical (unpaired) electrons. The molecule has 4 rings (SSSR count). The molecule has 0 bridgehead atoms. The van der Waals surface area contributed by atoms with Crippen molar-refractivity contribution in [3.63, 3.8) is 0 Å². The maximum Gasteiger partial charge on any atom is 0.306 e. The fourth-order valence-corrected chi connectivity index (χ4v) is 8.04. The minimum absolute atomic E-state index is 0.0314. The summed E-state index contributed by atoms with van der Waals surface area (Å²) in [5, 5.41) is 31.8. The van der Waals surface area contributed by atoms with E-state index in [1.54, 1.807) is 6.08 Å². The van der Waals surface area contributed by atoms with Crippen molar-refractivity contribution in [1.82, 2.24) is 0 Å². The number of ketones is 2. The molecule has 0 amide bonds. The molecule has 188 valence electrons. The normalized spacial score (nSPS) is 43.3. The van der Waals surface area contributed by atoms with Crippen LogP contribution in [0, 0.1) is 34.5 Å². The van der Waals surface area contributed by atoms with Gasteiger partial charge in [-0.3, -0.25) is 19.2 Å². The van der Waals surface area contributed by atoms with E-state index in [2.05, 4.69) is 6.92 Å². The Balaban J connectivity index is 1.54. The highest BCUT2D eigenvalue weighted by Gasteiger charge is 2.68. The molecule has 4 aliphatic rings. The number of aliphatic hydroxyl groups excluding tert-OH is 1. The number of fused-ring (bicyclic) bond motifs is 5. The number of ether oxygens (including phenoxy) is 1. The lowest BCUT2D eigenvalue weighted by Gasteiger charge is -2.60. The van der Waals surface area contributed by atoms with E-state index >= 15 is 0 Å². The molecular formula is C26H36O8. The van der Waals surface area contributed by atoms with Gasteiger partial charge in [0, 0.05) is 11.3 Å². The first-order valence-electron chi connectivity index (χ1n) is 12.4. The molecule has 0 saturated heterocycles. The highest BCUT2D eigenvalue weighted by atomic mass is 16.5. The molecule has 3 saturated carbocycles. The molecule has 4 unspecified atom stereocenters. The van der Waals surface area contributed by atoms with Crippen molar-refractivity contribution in [2.24, 2.45) is 34.5 Å². The zero-order chi connectivity index (χ0) is 25.1. The van der Waals surface area contributed by atoms with Crippen LogP contribution < -0.4 is 0 Å². The minimum Gasteiger partial charge on any atom is -0.481 e. The van der Waals surface area contributed by atoms with E-state index in [0.717, 1.165) is 18.4 Å². The van der Waals surface area contributed by atoms with Crippen LogP contribution in [0.15, 0.2) is 11.6 Å². The Morgan fingerprint density at radius 1 is 1.15 bits per heavy atom. The van der Waals surface area contributed by atoms with Gasteiger partial charge in [-0.2, -0.15) is 0 Å². The van der Waals surface area contributed by atoms with E-state index in [1.807, 2.05) is 13.8 Å². The molecular weight excluding hydrogens is 440 g/mol. The van der Waals surface area contributed by atoms with E-state index in [0.29, 0.717) is 12.8 Å². The van der Waals surface area contributed by atoms with Crippen molar-refractivity contribution in [2.75, 3.05) is 6.61 Å². The van der Waals surface area contributed by atoms with E-state index in [-0.39, 0.29) is 60.6 Å². The molecule has 8 nitrogen and oxygen atoms in total. The molecule has 4 aliphatic carbocycles. The van der Waals surface area contributed by atoms with Gasteiger partial charge in [-0.15, -0.1) is 0 Å². The van der Waals surface area contributed by atoms with Crippen molar-refractivity contribution in [1.29, 1.82) is 0 Å².